The molecule has 0 aliphatic carbocycles. The molecule has 1 aromatic carbocycles. The molecule has 0 atom stereocenters. The molecular weight excluding hydrogens is 314 g/mol. The Kier molecular flexibility index (Phi) is 5.30. The van der Waals surface area contributed by atoms with Crippen LogP contribution in [0.5, 0.6) is 0 Å². The Labute approximate surface area is 121 Å². The van der Waals surface area contributed by atoms with Crippen LogP contribution in [0.15, 0.2) is 16.6 Å². The molecule has 2 nitrogen and oxygen atoms in total. The summed E-state index contributed by atoms with van der Waals surface area (Å²) in [5, 5.41) is 0. The summed E-state index contributed by atoms with van der Waals surface area (Å²) in [4.78, 5) is 4.65. The van der Waals surface area contributed by atoms with Crippen LogP contribution in [0.4, 0.5) is 8.78 Å². The van der Waals surface area contributed by atoms with Crippen molar-refractivity contribution in [3.05, 3.63) is 33.8 Å². The Hall–Kier alpha value is -0.520. The molecule has 19 heavy (non-hydrogen) atoms. The number of hydrogen-bond donors (Lipinski definition) is 0. The standard InChI is InChI=1S/C14H19BrF2N2/c1-18-5-7-19(8-6-18)4-2-3-12-13(16)9-11(15)10-14(12)17/h9-10H,2-8H2,1H3. The highest BCUT2D eigenvalue weighted by Crippen LogP contribution is 2.20. The van der Waals surface area contributed by atoms with E-state index < -0.39 is 11.6 Å². The highest BCUT2D eigenvalue weighted by atomic mass is 79.9. The van der Waals surface area contributed by atoms with Crippen molar-refractivity contribution in [2.75, 3.05) is 39.8 Å². The summed E-state index contributed by atoms with van der Waals surface area (Å²) >= 11 is 3.09. The second-order valence-electron chi connectivity index (χ2n) is 5.10. The van der Waals surface area contributed by atoms with Gasteiger partial charge in [-0.05, 0) is 38.6 Å². The summed E-state index contributed by atoms with van der Waals surface area (Å²) in [6.07, 6.45) is 1.25. The van der Waals surface area contributed by atoms with E-state index in [1.807, 2.05) is 0 Å². The number of nitrogens with zero attached hydrogens (tertiary/aromatic N) is 2. The van der Waals surface area contributed by atoms with E-state index in [9.17, 15) is 8.78 Å². The predicted molar refractivity (Wildman–Crippen MR) is 76.3 cm³/mol. The zero-order valence-electron chi connectivity index (χ0n) is 11.1. The fourth-order valence-electron chi connectivity index (χ4n) is 2.36. The first-order chi connectivity index (χ1) is 9.06. The van der Waals surface area contributed by atoms with E-state index in [0.717, 1.165) is 39.1 Å². The Morgan fingerprint density at radius 3 is 2.26 bits per heavy atom. The van der Waals surface area contributed by atoms with Crippen molar-refractivity contribution in [2.24, 2.45) is 0 Å². The van der Waals surface area contributed by atoms with Gasteiger partial charge in [0.2, 0.25) is 0 Å². The first kappa shape index (κ1) is 14.9. The zero-order valence-corrected chi connectivity index (χ0v) is 12.7. The number of rotatable bonds is 4. The Morgan fingerprint density at radius 1 is 1.11 bits per heavy atom. The lowest BCUT2D eigenvalue weighted by atomic mass is 10.1. The number of likely N-dealkylation sites (N-methyl/N-ethyl adjacent to an activating group) is 1. The van der Waals surface area contributed by atoms with Gasteiger partial charge in [0.25, 0.3) is 0 Å². The molecule has 0 unspecified atom stereocenters. The largest absolute Gasteiger partial charge is 0.304 e. The molecular formula is C14H19BrF2N2. The van der Waals surface area contributed by atoms with Crippen molar-refractivity contribution in [3.8, 4) is 0 Å². The van der Waals surface area contributed by atoms with Crippen LogP contribution in [0.2, 0.25) is 0 Å². The lowest BCUT2D eigenvalue weighted by Gasteiger charge is -2.32. The summed E-state index contributed by atoms with van der Waals surface area (Å²) in [7, 11) is 2.12. The van der Waals surface area contributed by atoms with Gasteiger partial charge in [-0.15, -0.1) is 0 Å². The molecule has 1 aliphatic rings. The van der Waals surface area contributed by atoms with E-state index in [0.29, 0.717) is 10.9 Å². The van der Waals surface area contributed by atoms with Crippen LogP contribution < -0.4 is 0 Å². The van der Waals surface area contributed by atoms with Crippen LogP contribution >= 0.6 is 15.9 Å². The quantitative estimate of drug-likeness (QED) is 0.836. The maximum atomic E-state index is 13.6. The van der Waals surface area contributed by atoms with E-state index in [2.05, 4.69) is 32.8 Å². The van der Waals surface area contributed by atoms with Gasteiger partial charge in [0.1, 0.15) is 11.6 Å². The van der Waals surface area contributed by atoms with Crippen LogP contribution in [0.25, 0.3) is 0 Å². The van der Waals surface area contributed by atoms with Crippen molar-refractivity contribution in [3.63, 3.8) is 0 Å². The average Bonchev–Trinajstić information content (AvgIpc) is 2.34. The molecule has 2 rings (SSSR count). The smallest absolute Gasteiger partial charge is 0.130 e. The first-order valence-electron chi connectivity index (χ1n) is 6.60. The van der Waals surface area contributed by atoms with E-state index in [1.165, 1.54) is 12.1 Å². The van der Waals surface area contributed by atoms with Gasteiger partial charge in [-0.1, -0.05) is 15.9 Å². The van der Waals surface area contributed by atoms with Gasteiger partial charge in [-0.3, -0.25) is 0 Å². The summed E-state index contributed by atoms with van der Waals surface area (Å²) in [5.41, 5.74) is 0.206. The van der Waals surface area contributed by atoms with Crippen molar-refractivity contribution >= 4 is 15.9 Å². The molecule has 0 bridgehead atoms. The molecule has 0 amide bonds. The molecule has 0 spiro atoms. The number of piperazine rings is 1. The molecule has 0 radical (unpaired) electrons. The van der Waals surface area contributed by atoms with Crippen LogP contribution in [0.3, 0.4) is 0 Å². The normalized spacial score (nSPS) is 17.9. The highest BCUT2D eigenvalue weighted by Gasteiger charge is 2.14. The van der Waals surface area contributed by atoms with Crippen LogP contribution in [-0.4, -0.2) is 49.6 Å². The molecule has 0 aromatic heterocycles. The lowest BCUT2D eigenvalue weighted by Crippen LogP contribution is -2.44. The van der Waals surface area contributed by atoms with E-state index in [4.69, 9.17) is 0 Å². The lowest BCUT2D eigenvalue weighted by molar-refractivity contribution is 0.153. The number of halogens is 3. The van der Waals surface area contributed by atoms with Gasteiger partial charge in [0.05, 0.1) is 0 Å². The number of hydrogen-bond acceptors (Lipinski definition) is 2. The molecule has 0 N–H and O–H groups in total. The minimum absolute atomic E-state index is 0.206. The van der Waals surface area contributed by atoms with Gasteiger partial charge in [-0.2, -0.15) is 0 Å². The Balaban J connectivity index is 1.83. The van der Waals surface area contributed by atoms with Crippen LogP contribution in [0.1, 0.15) is 12.0 Å². The second-order valence-corrected chi connectivity index (χ2v) is 6.01. The van der Waals surface area contributed by atoms with Crippen molar-refractivity contribution in [2.45, 2.75) is 12.8 Å². The molecule has 1 fully saturated rings. The molecule has 1 aliphatic heterocycles. The number of benzene rings is 1. The van der Waals surface area contributed by atoms with Gasteiger partial charge in [0, 0.05) is 36.2 Å². The molecule has 5 heteroatoms. The molecule has 1 heterocycles. The minimum atomic E-state index is -0.453. The Morgan fingerprint density at radius 2 is 1.68 bits per heavy atom. The van der Waals surface area contributed by atoms with Gasteiger partial charge in [0.15, 0.2) is 0 Å². The summed E-state index contributed by atoms with van der Waals surface area (Å²) < 4.78 is 27.7. The van der Waals surface area contributed by atoms with E-state index in [-0.39, 0.29) is 5.56 Å². The predicted octanol–water partition coefficient (Wildman–Crippen LogP) is 2.91. The fraction of sp³-hybridized carbons (Fsp3) is 0.571. The second kappa shape index (κ2) is 6.77. The average molecular weight is 333 g/mol. The third-order valence-electron chi connectivity index (χ3n) is 3.60. The van der Waals surface area contributed by atoms with Crippen LogP contribution in [-0.2, 0) is 6.42 Å². The molecule has 0 saturated carbocycles. The van der Waals surface area contributed by atoms with Gasteiger partial charge < -0.3 is 9.80 Å². The van der Waals surface area contributed by atoms with Crippen molar-refractivity contribution < 1.29 is 8.78 Å². The maximum absolute atomic E-state index is 13.6. The fourth-order valence-corrected chi connectivity index (χ4v) is 2.76. The highest BCUT2D eigenvalue weighted by molar-refractivity contribution is 9.10. The molecule has 1 saturated heterocycles. The Bertz CT molecular complexity index is 408. The summed E-state index contributed by atoms with van der Waals surface area (Å²) in [6.45, 7) is 5.13. The third kappa shape index (κ3) is 4.23. The van der Waals surface area contributed by atoms with Crippen molar-refractivity contribution in [1.29, 1.82) is 0 Å². The molecule has 1 aromatic rings. The zero-order chi connectivity index (χ0) is 13.8. The monoisotopic (exact) mass is 332 g/mol. The summed E-state index contributed by atoms with van der Waals surface area (Å²) in [5.74, 6) is -0.907. The minimum Gasteiger partial charge on any atom is -0.304 e. The third-order valence-corrected chi connectivity index (χ3v) is 4.06. The summed E-state index contributed by atoms with van der Waals surface area (Å²) in [6, 6.07) is 2.66. The maximum Gasteiger partial charge on any atom is 0.130 e. The first-order valence-corrected chi connectivity index (χ1v) is 7.40. The van der Waals surface area contributed by atoms with Crippen molar-refractivity contribution in [1.82, 2.24) is 9.80 Å². The van der Waals surface area contributed by atoms with E-state index in [1.54, 1.807) is 0 Å². The van der Waals surface area contributed by atoms with Crippen LogP contribution in [0, 0.1) is 11.6 Å². The van der Waals surface area contributed by atoms with Gasteiger partial charge in [-0.25, -0.2) is 8.78 Å². The topological polar surface area (TPSA) is 6.48 Å². The SMILES string of the molecule is CN1CCN(CCCc2c(F)cc(Br)cc2F)CC1. The van der Waals surface area contributed by atoms with Gasteiger partial charge >= 0.3 is 0 Å². The molecule has 106 valence electrons. The van der Waals surface area contributed by atoms with E-state index >= 15 is 0 Å².